The van der Waals surface area contributed by atoms with Crippen LogP contribution in [-0.4, -0.2) is 17.7 Å². The maximum absolute atomic E-state index is 10.9. The number of carboxylic acids is 1. The number of ether oxygens (including phenoxy) is 1. The van der Waals surface area contributed by atoms with Gasteiger partial charge in [0, 0.05) is 11.0 Å². The van der Waals surface area contributed by atoms with Crippen molar-refractivity contribution in [2.24, 2.45) is 5.41 Å². The maximum atomic E-state index is 10.9. The van der Waals surface area contributed by atoms with Crippen LogP contribution in [0.1, 0.15) is 19.3 Å². The van der Waals surface area contributed by atoms with Crippen molar-refractivity contribution in [3.8, 4) is 16.9 Å². The Morgan fingerprint density at radius 3 is 2.38 bits per heavy atom. The lowest BCUT2D eigenvalue weighted by Gasteiger charge is -2.16. The van der Waals surface area contributed by atoms with Crippen LogP contribution in [0.2, 0.25) is 0 Å². The Morgan fingerprint density at radius 2 is 1.71 bits per heavy atom. The summed E-state index contributed by atoms with van der Waals surface area (Å²) in [5.74, 6) is 0.0767. The van der Waals surface area contributed by atoms with Gasteiger partial charge in [-0.1, -0.05) is 48.5 Å². The van der Waals surface area contributed by atoms with Gasteiger partial charge in [-0.05, 0) is 24.5 Å². The molecule has 1 fully saturated rings. The van der Waals surface area contributed by atoms with E-state index in [1.54, 1.807) is 0 Å². The zero-order valence-corrected chi connectivity index (χ0v) is 11.8. The first-order valence-corrected chi connectivity index (χ1v) is 7.18. The molecule has 3 rings (SSSR count). The topological polar surface area (TPSA) is 46.5 Å². The summed E-state index contributed by atoms with van der Waals surface area (Å²) in [5.41, 5.74) is 2.00. The van der Waals surface area contributed by atoms with Gasteiger partial charge in [0.25, 0.3) is 0 Å². The Kier molecular flexibility index (Phi) is 3.65. The molecule has 1 aliphatic rings. The smallest absolute Gasteiger partial charge is 0.304 e. The number of para-hydroxylation sites is 1. The molecular formula is C18H18O3. The predicted molar refractivity (Wildman–Crippen MR) is 81.3 cm³/mol. The number of aliphatic carboxylic acids is 1. The lowest BCUT2D eigenvalue weighted by atomic mass is 10.0. The summed E-state index contributed by atoms with van der Waals surface area (Å²) in [7, 11) is 0. The predicted octanol–water partition coefficient (Wildman–Crippen LogP) is 3.99. The molecule has 1 N–H and O–H groups in total. The van der Waals surface area contributed by atoms with Crippen molar-refractivity contribution in [1.29, 1.82) is 0 Å². The van der Waals surface area contributed by atoms with Crippen LogP contribution in [0.3, 0.4) is 0 Å². The molecular weight excluding hydrogens is 264 g/mol. The molecule has 21 heavy (non-hydrogen) atoms. The minimum atomic E-state index is -0.743. The fraction of sp³-hybridized carbons (Fsp3) is 0.278. The molecule has 108 valence electrons. The van der Waals surface area contributed by atoms with E-state index < -0.39 is 5.97 Å². The van der Waals surface area contributed by atoms with Crippen molar-refractivity contribution in [2.75, 3.05) is 6.61 Å². The second-order valence-corrected chi connectivity index (χ2v) is 5.72. The molecule has 3 nitrogen and oxygen atoms in total. The van der Waals surface area contributed by atoms with Gasteiger partial charge in [-0.15, -0.1) is 0 Å². The van der Waals surface area contributed by atoms with Gasteiger partial charge in [-0.3, -0.25) is 4.79 Å². The number of hydrogen-bond donors (Lipinski definition) is 1. The third-order valence-corrected chi connectivity index (χ3v) is 3.99. The molecule has 0 heterocycles. The second kappa shape index (κ2) is 5.60. The first-order valence-electron chi connectivity index (χ1n) is 7.18. The van der Waals surface area contributed by atoms with Crippen molar-refractivity contribution in [3.63, 3.8) is 0 Å². The molecule has 0 aromatic heterocycles. The zero-order valence-electron chi connectivity index (χ0n) is 11.8. The average molecular weight is 282 g/mol. The van der Waals surface area contributed by atoms with Crippen molar-refractivity contribution in [1.82, 2.24) is 0 Å². The van der Waals surface area contributed by atoms with Gasteiger partial charge in [-0.25, -0.2) is 0 Å². The highest BCUT2D eigenvalue weighted by Gasteiger charge is 2.45. The Morgan fingerprint density at radius 1 is 1.05 bits per heavy atom. The minimum Gasteiger partial charge on any atom is -0.492 e. The van der Waals surface area contributed by atoms with Gasteiger partial charge in [0.2, 0.25) is 0 Å². The average Bonchev–Trinajstić information content (AvgIpc) is 3.25. The molecule has 0 atom stereocenters. The van der Waals surface area contributed by atoms with Crippen molar-refractivity contribution < 1.29 is 14.6 Å². The van der Waals surface area contributed by atoms with E-state index in [0.29, 0.717) is 6.61 Å². The second-order valence-electron chi connectivity index (χ2n) is 5.72. The molecule has 3 heteroatoms. The van der Waals surface area contributed by atoms with E-state index in [2.05, 4.69) is 0 Å². The fourth-order valence-electron chi connectivity index (χ4n) is 2.55. The maximum Gasteiger partial charge on any atom is 0.304 e. The number of benzene rings is 2. The largest absolute Gasteiger partial charge is 0.492 e. The third kappa shape index (κ3) is 3.24. The lowest BCUT2D eigenvalue weighted by Crippen LogP contribution is -2.17. The van der Waals surface area contributed by atoms with E-state index in [-0.39, 0.29) is 11.8 Å². The van der Waals surface area contributed by atoms with Gasteiger partial charge >= 0.3 is 5.97 Å². The number of carbonyl (C=O) groups is 1. The van der Waals surface area contributed by atoms with Gasteiger partial charge < -0.3 is 9.84 Å². The highest BCUT2D eigenvalue weighted by Crippen LogP contribution is 2.49. The molecule has 0 amide bonds. The molecule has 2 aromatic carbocycles. The molecule has 1 aliphatic carbocycles. The van der Waals surface area contributed by atoms with Crippen molar-refractivity contribution in [3.05, 3.63) is 54.6 Å². The minimum absolute atomic E-state index is 0.157. The van der Waals surface area contributed by atoms with Gasteiger partial charge in [0.05, 0.1) is 13.0 Å². The normalized spacial score (nSPS) is 15.4. The van der Waals surface area contributed by atoms with Crippen LogP contribution in [0.15, 0.2) is 54.6 Å². The van der Waals surface area contributed by atoms with Crippen molar-refractivity contribution >= 4 is 5.97 Å². The number of rotatable bonds is 6. The summed E-state index contributed by atoms with van der Waals surface area (Å²) in [4.78, 5) is 10.9. The van der Waals surface area contributed by atoms with E-state index in [1.807, 2.05) is 54.6 Å². The Balaban J connectivity index is 1.76. The molecule has 1 saturated carbocycles. The van der Waals surface area contributed by atoms with Crippen LogP contribution in [0.25, 0.3) is 11.1 Å². The Labute approximate surface area is 124 Å². The van der Waals surface area contributed by atoms with Gasteiger partial charge in [0.1, 0.15) is 5.75 Å². The fourth-order valence-corrected chi connectivity index (χ4v) is 2.55. The molecule has 0 spiro atoms. The summed E-state index contributed by atoms with van der Waals surface area (Å²) in [6, 6.07) is 18.0. The highest BCUT2D eigenvalue weighted by molar-refractivity contribution is 5.70. The van der Waals surface area contributed by atoms with Gasteiger partial charge in [0.15, 0.2) is 0 Å². The highest BCUT2D eigenvalue weighted by atomic mass is 16.5. The first-order chi connectivity index (χ1) is 10.2. The SMILES string of the molecule is O=C(O)CC1(COc2ccccc2-c2ccccc2)CC1. The van der Waals surface area contributed by atoms with Crippen molar-refractivity contribution in [2.45, 2.75) is 19.3 Å². The molecule has 0 radical (unpaired) electrons. The molecule has 0 aliphatic heterocycles. The summed E-state index contributed by atoms with van der Waals surface area (Å²) < 4.78 is 5.96. The van der Waals surface area contributed by atoms with E-state index in [4.69, 9.17) is 9.84 Å². The van der Waals surface area contributed by atoms with Crippen LogP contribution in [0.4, 0.5) is 0 Å². The monoisotopic (exact) mass is 282 g/mol. The summed E-state index contributed by atoms with van der Waals surface area (Å²) in [6.45, 7) is 0.475. The zero-order chi connectivity index (χ0) is 14.7. The summed E-state index contributed by atoms with van der Waals surface area (Å²) >= 11 is 0. The van der Waals surface area contributed by atoms with E-state index in [0.717, 1.165) is 29.7 Å². The first kappa shape index (κ1) is 13.7. The van der Waals surface area contributed by atoms with Crippen LogP contribution in [-0.2, 0) is 4.79 Å². The summed E-state index contributed by atoms with van der Waals surface area (Å²) in [5, 5.41) is 8.96. The van der Waals surface area contributed by atoms with Gasteiger partial charge in [-0.2, -0.15) is 0 Å². The van der Waals surface area contributed by atoms with Crippen LogP contribution in [0.5, 0.6) is 5.75 Å². The van der Waals surface area contributed by atoms with Crippen LogP contribution in [0, 0.1) is 5.41 Å². The Bertz CT molecular complexity index is 630. The molecule has 0 saturated heterocycles. The van der Waals surface area contributed by atoms with E-state index in [1.165, 1.54) is 0 Å². The van der Waals surface area contributed by atoms with Crippen LogP contribution < -0.4 is 4.74 Å². The molecule has 0 unspecified atom stereocenters. The quantitative estimate of drug-likeness (QED) is 0.871. The number of hydrogen-bond acceptors (Lipinski definition) is 2. The molecule has 0 bridgehead atoms. The van der Waals surface area contributed by atoms with E-state index >= 15 is 0 Å². The lowest BCUT2D eigenvalue weighted by molar-refractivity contribution is -0.138. The third-order valence-electron chi connectivity index (χ3n) is 3.99. The summed E-state index contributed by atoms with van der Waals surface area (Å²) in [6.07, 6.45) is 2.07. The number of carboxylic acid groups (broad SMARTS) is 1. The standard InChI is InChI=1S/C18H18O3/c19-17(20)12-18(10-11-18)13-21-16-9-5-4-8-15(16)14-6-2-1-3-7-14/h1-9H,10-13H2,(H,19,20). The van der Waals surface area contributed by atoms with E-state index in [9.17, 15) is 4.79 Å². The Hall–Kier alpha value is -2.29. The van der Waals surface area contributed by atoms with Crippen LogP contribution >= 0.6 is 0 Å². The molecule has 2 aromatic rings.